The van der Waals surface area contributed by atoms with Crippen LogP contribution in [0.3, 0.4) is 0 Å². The van der Waals surface area contributed by atoms with Gasteiger partial charge < -0.3 is 4.74 Å². The predicted octanol–water partition coefficient (Wildman–Crippen LogP) is 3.31. The lowest BCUT2D eigenvalue weighted by Crippen LogP contribution is -2.23. The molecule has 1 fully saturated rings. The summed E-state index contributed by atoms with van der Waals surface area (Å²) < 4.78 is 5.34. The number of esters is 1. The lowest BCUT2D eigenvalue weighted by molar-refractivity contribution is -0.150. The summed E-state index contributed by atoms with van der Waals surface area (Å²) >= 11 is 0. The SMILES string of the molecule is CCCC1C2c3ccccc3CC12C(=O)OCC. The predicted molar refractivity (Wildman–Crippen MR) is 70.4 cm³/mol. The van der Waals surface area contributed by atoms with Gasteiger partial charge in [-0.1, -0.05) is 37.6 Å². The van der Waals surface area contributed by atoms with Crippen molar-refractivity contribution in [3.8, 4) is 0 Å². The summed E-state index contributed by atoms with van der Waals surface area (Å²) in [7, 11) is 0. The summed E-state index contributed by atoms with van der Waals surface area (Å²) in [6, 6.07) is 8.50. The molecular formula is C16H20O2. The minimum Gasteiger partial charge on any atom is -0.466 e. The van der Waals surface area contributed by atoms with Gasteiger partial charge in [0.05, 0.1) is 12.0 Å². The van der Waals surface area contributed by atoms with Crippen LogP contribution in [0.5, 0.6) is 0 Å². The van der Waals surface area contributed by atoms with Gasteiger partial charge in [-0.05, 0) is 36.8 Å². The van der Waals surface area contributed by atoms with Gasteiger partial charge in [0.1, 0.15) is 0 Å². The Morgan fingerprint density at radius 2 is 2.17 bits per heavy atom. The molecule has 2 aliphatic carbocycles. The van der Waals surface area contributed by atoms with Crippen LogP contribution < -0.4 is 0 Å². The first-order chi connectivity index (χ1) is 8.75. The smallest absolute Gasteiger partial charge is 0.313 e. The molecule has 0 spiro atoms. The van der Waals surface area contributed by atoms with Crippen LogP contribution in [0.25, 0.3) is 0 Å². The monoisotopic (exact) mass is 244 g/mol. The van der Waals surface area contributed by atoms with Gasteiger partial charge in [-0.2, -0.15) is 0 Å². The summed E-state index contributed by atoms with van der Waals surface area (Å²) in [5, 5.41) is 0. The molecule has 0 N–H and O–H groups in total. The number of carbonyl (C=O) groups is 1. The number of ether oxygens (including phenoxy) is 1. The first-order valence-electron chi connectivity index (χ1n) is 7.00. The lowest BCUT2D eigenvalue weighted by atomic mass is 9.94. The van der Waals surface area contributed by atoms with Crippen molar-refractivity contribution in [2.24, 2.45) is 11.3 Å². The first-order valence-corrected chi connectivity index (χ1v) is 7.00. The Hall–Kier alpha value is -1.31. The van der Waals surface area contributed by atoms with Gasteiger partial charge >= 0.3 is 5.97 Å². The van der Waals surface area contributed by atoms with Crippen LogP contribution in [-0.4, -0.2) is 12.6 Å². The van der Waals surface area contributed by atoms with Gasteiger partial charge in [0, 0.05) is 5.92 Å². The normalized spacial score (nSPS) is 31.7. The highest BCUT2D eigenvalue weighted by atomic mass is 16.5. The molecule has 0 aliphatic heterocycles. The highest BCUT2D eigenvalue weighted by Gasteiger charge is 2.73. The zero-order chi connectivity index (χ0) is 12.8. The van der Waals surface area contributed by atoms with Crippen LogP contribution >= 0.6 is 0 Å². The number of rotatable bonds is 4. The fraction of sp³-hybridized carbons (Fsp3) is 0.562. The van der Waals surface area contributed by atoms with Crippen molar-refractivity contribution in [3.63, 3.8) is 0 Å². The largest absolute Gasteiger partial charge is 0.466 e. The molecule has 2 nitrogen and oxygen atoms in total. The van der Waals surface area contributed by atoms with Crippen LogP contribution in [0.4, 0.5) is 0 Å². The van der Waals surface area contributed by atoms with Gasteiger partial charge in [-0.3, -0.25) is 4.79 Å². The van der Waals surface area contributed by atoms with Crippen molar-refractivity contribution in [1.82, 2.24) is 0 Å². The molecule has 0 aromatic heterocycles. The van der Waals surface area contributed by atoms with E-state index in [4.69, 9.17) is 4.74 Å². The van der Waals surface area contributed by atoms with E-state index in [0.29, 0.717) is 18.4 Å². The van der Waals surface area contributed by atoms with Crippen LogP contribution in [-0.2, 0) is 16.0 Å². The quantitative estimate of drug-likeness (QED) is 0.760. The maximum atomic E-state index is 12.3. The minimum absolute atomic E-state index is 0.0321. The number of benzene rings is 1. The zero-order valence-corrected chi connectivity index (χ0v) is 11.1. The second-order valence-electron chi connectivity index (χ2n) is 5.51. The molecule has 0 saturated heterocycles. The fourth-order valence-electron chi connectivity index (χ4n) is 3.92. The van der Waals surface area contributed by atoms with E-state index in [1.807, 2.05) is 6.92 Å². The van der Waals surface area contributed by atoms with Crippen molar-refractivity contribution in [2.45, 2.75) is 39.0 Å². The average molecular weight is 244 g/mol. The molecule has 3 rings (SSSR count). The van der Waals surface area contributed by atoms with E-state index in [1.165, 1.54) is 11.1 Å². The number of fused-ring (bicyclic) bond motifs is 3. The van der Waals surface area contributed by atoms with Crippen LogP contribution in [0.15, 0.2) is 24.3 Å². The molecule has 0 radical (unpaired) electrons. The molecule has 0 bridgehead atoms. The first kappa shape index (κ1) is 11.8. The van der Waals surface area contributed by atoms with E-state index in [0.717, 1.165) is 19.3 Å². The highest BCUT2D eigenvalue weighted by molar-refractivity contribution is 5.86. The van der Waals surface area contributed by atoms with Crippen molar-refractivity contribution in [1.29, 1.82) is 0 Å². The third-order valence-electron chi connectivity index (χ3n) is 4.64. The molecule has 18 heavy (non-hydrogen) atoms. The Bertz CT molecular complexity index is 480. The van der Waals surface area contributed by atoms with Gasteiger partial charge in [0.15, 0.2) is 0 Å². The third kappa shape index (κ3) is 1.38. The number of hydrogen-bond donors (Lipinski definition) is 0. The fourth-order valence-corrected chi connectivity index (χ4v) is 3.92. The van der Waals surface area contributed by atoms with Gasteiger partial charge in [0.25, 0.3) is 0 Å². The minimum atomic E-state index is -0.213. The third-order valence-corrected chi connectivity index (χ3v) is 4.64. The molecule has 96 valence electrons. The molecule has 1 aromatic carbocycles. The zero-order valence-electron chi connectivity index (χ0n) is 11.1. The molecule has 1 saturated carbocycles. The summed E-state index contributed by atoms with van der Waals surface area (Å²) in [6.07, 6.45) is 3.17. The second-order valence-corrected chi connectivity index (χ2v) is 5.51. The van der Waals surface area contributed by atoms with E-state index in [9.17, 15) is 4.79 Å². The molecule has 0 heterocycles. The highest BCUT2D eigenvalue weighted by Crippen LogP contribution is 2.73. The molecule has 3 unspecified atom stereocenters. The summed E-state index contributed by atoms with van der Waals surface area (Å²) in [5.74, 6) is 0.966. The Kier molecular flexibility index (Phi) is 2.69. The maximum Gasteiger partial charge on any atom is 0.313 e. The van der Waals surface area contributed by atoms with Crippen LogP contribution in [0.1, 0.15) is 43.7 Å². The van der Waals surface area contributed by atoms with Gasteiger partial charge in [0.2, 0.25) is 0 Å². The topological polar surface area (TPSA) is 26.3 Å². The second kappa shape index (κ2) is 4.11. The molecule has 2 heteroatoms. The maximum absolute atomic E-state index is 12.3. The van der Waals surface area contributed by atoms with Crippen molar-refractivity contribution >= 4 is 5.97 Å². The molecule has 2 aliphatic rings. The van der Waals surface area contributed by atoms with Crippen LogP contribution in [0.2, 0.25) is 0 Å². The average Bonchev–Trinajstić information content (AvgIpc) is 2.86. The van der Waals surface area contributed by atoms with Gasteiger partial charge in [-0.25, -0.2) is 0 Å². The van der Waals surface area contributed by atoms with E-state index < -0.39 is 0 Å². The van der Waals surface area contributed by atoms with E-state index in [2.05, 4.69) is 31.2 Å². The summed E-state index contributed by atoms with van der Waals surface area (Å²) in [6.45, 7) is 4.57. The molecule has 3 atom stereocenters. The molecular weight excluding hydrogens is 224 g/mol. The van der Waals surface area contributed by atoms with Crippen LogP contribution in [0, 0.1) is 11.3 Å². The van der Waals surface area contributed by atoms with Crippen molar-refractivity contribution in [3.05, 3.63) is 35.4 Å². The Morgan fingerprint density at radius 3 is 2.89 bits per heavy atom. The lowest BCUT2D eigenvalue weighted by Gasteiger charge is -2.14. The Balaban J connectivity index is 1.93. The van der Waals surface area contributed by atoms with Crippen molar-refractivity contribution < 1.29 is 9.53 Å². The van der Waals surface area contributed by atoms with E-state index in [1.54, 1.807) is 0 Å². The molecule has 0 amide bonds. The standard InChI is InChI=1S/C16H20O2/c1-3-7-13-14-12-9-6-5-8-11(12)10-16(13,14)15(17)18-4-2/h5-6,8-9,13-14H,3-4,7,10H2,1-2H3. The van der Waals surface area contributed by atoms with E-state index >= 15 is 0 Å². The Labute approximate surface area is 108 Å². The van der Waals surface area contributed by atoms with Crippen molar-refractivity contribution in [2.75, 3.05) is 6.61 Å². The van der Waals surface area contributed by atoms with E-state index in [-0.39, 0.29) is 11.4 Å². The van der Waals surface area contributed by atoms with Gasteiger partial charge in [-0.15, -0.1) is 0 Å². The summed E-state index contributed by atoms with van der Waals surface area (Å²) in [5.41, 5.74) is 2.53. The summed E-state index contributed by atoms with van der Waals surface area (Å²) in [4.78, 5) is 12.3. The number of hydrogen-bond acceptors (Lipinski definition) is 2. The molecule has 1 aromatic rings. The Morgan fingerprint density at radius 1 is 1.39 bits per heavy atom. The number of carbonyl (C=O) groups excluding carboxylic acids is 1.